The van der Waals surface area contributed by atoms with Crippen LogP contribution in [0, 0.1) is 11.8 Å². The highest BCUT2D eigenvalue weighted by molar-refractivity contribution is 5.91. The summed E-state index contributed by atoms with van der Waals surface area (Å²) in [7, 11) is 0. The fourth-order valence-corrected chi connectivity index (χ4v) is 5.27. The highest BCUT2D eigenvalue weighted by Gasteiger charge is 2.28. The lowest BCUT2D eigenvalue weighted by Crippen LogP contribution is -2.52. The number of fused-ring (bicyclic) bond motifs is 1. The van der Waals surface area contributed by atoms with Gasteiger partial charge in [0.1, 0.15) is 12.3 Å². The van der Waals surface area contributed by atoms with Crippen LogP contribution in [0.25, 0.3) is 10.8 Å². The van der Waals surface area contributed by atoms with Crippen LogP contribution in [0.1, 0.15) is 43.5 Å². The molecule has 43 heavy (non-hydrogen) atoms. The van der Waals surface area contributed by atoms with Crippen molar-refractivity contribution >= 4 is 28.9 Å². The molecule has 0 radical (unpaired) electrons. The van der Waals surface area contributed by atoms with E-state index in [1.807, 2.05) is 56.3 Å². The number of nitrogens with one attached hydrogen (secondary N) is 3. The van der Waals surface area contributed by atoms with Crippen molar-refractivity contribution in [2.75, 3.05) is 13.2 Å². The lowest BCUT2D eigenvalue weighted by molar-refractivity contribution is -0.132. The Bertz CT molecular complexity index is 1430. The van der Waals surface area contributed by atoms with Gasteiger partial charge >= 0.3 is 0 Å². The molecule has 0 aliphatic carbocycles. The molecule has 8 heteroatoms. The SMILES string of the molecule is CC(C)C[C@@H](C=O)NC(=O)[C@H](Cc1c[nH]cn1)NC(=O)C(CCOCCc1ccccc1)Cc1cccc2ccccc12. The van der Waals surface area contributed by atoms with Gasteiger partial charge in [0, 0.05) is 25.1 Å². The Kier molecular flexibility index (Phi) is 12.0. The van der Waals surface area contributed by atoms with Crippen LogP contribution in [0.15, 0.2) is 85.3 Å². The Morgan fingerprint density at radius 2 is 1.67 bits per heavy atom. The van der Waals surface area contributed by atoms with Crippen LogP contribution in [0.4, 0.5) is 0 Å². The second-order valence-electron chi connectivity index (χ2n) is 11.4. The number of amides is 2. The fraction of sp³-hybridized carbons (Fsp3) is 0.371. The monoisotopic (exact) mass is 582 g/mol. The maximum absolute atomic E-state index is 13.9. The quantitative estimate of drug-likeness (QED) is 0.122. The van der Waals surface area contributed by atoms with Gasteiger partial charge in [-0.05, 0) is 53.5 Å². The summed E-state index contributed by atoms with van der Waals surface area (Å²) in [5, 5.41) is 8.03. The van der Waals surface area contributed by atoms with Crippen molar-refractivity contribution in [2.45, 2.75) is 58.0 Å². The van der Waals surface area contributed by atoms with E-state index in [1.54, 1.807) is 6.20 Å². The number of rotatable bonds is 17. The first-order chi connectivity index (χ1) is 20.9. The molecule has 0 saturated carbocycles. The molecule has 3 N–H and O–H groups in total. The summed E-state index contributed by atoms with van der Waals surface area (Å²) in [5.41, 5.74) is 2.90. The van der Waals surface area contributed by atoms with E-state index in [4.69, 9.17) is 4.74 Å². The number of benzene rings is 3. The van der Waals surface area contributed by atoms with E-state index in [0.29, 0.717) is 38.2 Å². The van der Waals surface area contributed by atoms with Gasteiger partial charge in [-0.3, -0.25) is 9.59 Å². The van der Waals surface area contributed by atoms with Crippen LogP contribution in [-0.4, -0.2) is 53.4 Å². The van der Waals surface area contributed by atoms with Gasteiger partial charge in [0.15, 0.2) is 0 Å². The molecule has 0 saturated heterocycles. The van der Waals surface area contributed by atoms with Gasteiger partial charge < -0.3 is 25.1 Å². The molecule has 0 fully saturated rings. The Morgan fingerprint density at radius 1 is 0.907 bits per heavy atom. The van der Waals surface area contributed by atoms with Crippen molar-refractivity contribution in [1.82, 2.24) is 20.6 Å². The van der Waals surface area contributed by atoms with E-state index in [1.165, 1.54) is 11.9 Å². The summed E-state index contributed by atoms with van der Waals surface area (Å²) >= 11 is 0. The Morgan fingerprint density at radius 3 is 2.42 bits per heavy atom. The van der Waals surface area contributed by atoms with Crippen molar-refractivity contribution in [2.24, 2.45) is 11.8 Å². The number of aldehydes is 1. The summed E-state index contributed by atoms with van der Waals surface area (Å²) in [5.74, 6) is -0.852. The van der Waals surface area contributed by atoms with Crippen LogP contribution in [-0.2, 0) is 38.4 Å². The highest BCUT2D eigenvalue weighted by Crippen LogP contribution is 2.23. The Hall–Kier alpha value is -4.30. The molecule has 0 aliphatic rings. The first-order valence-corrected chi connectivity index (χ1v) is 15.0. The van der Waals surface area contributed by atoms with Gasteiger partial charge in [-0.25, -0.2) is 4.98 Å². The summed E-state index contributed by atoms with van der Waals surface area (Å²) in [6, 6.07) is 22.9. The van der Waals surface area contributed by atoms with Gasteiger partial charge in [-0.1, -0.05) is 86.6 Å². The molecule has 1 heterocycles. The van der Waals surface area contributed by atoms with Crippen molar-refractivity contribution in [3.8, 4) is 0 Å². The number of hydrogen-bond donors (Lipinski definition) is 3. The zero-order chi connectivity index (χ0) is 30.4. The van der Waals surface area contributed by atoms with Crippen LogP contribution in [0.5, 0.6) is 0 Å². The van der Waals surface area contributed by atoms with E-state index in [-0.39, 0.29) is 18.2 Å². The highest BCUT2D eigenvalue weighted by atomic mass is 16.5. The largest absolute Gasteiger partial charge is 0.381 e. The van der Waals surface area contributed by atoms with Crippen LogP contribution >= 0.6 is 0 Å². The molecule has 3 atom stereocenters. The number of carbonyl (C=O) groups excluding carboxylic acids is 3. The maximum atomic E-state index is 13.9. The van der Waals surface area contributed by atoms with Crippen LogP contribution in [0.3, 0.4) is 0 Å². The standard InChI is InChI=1S/C35H42N4O4/c1-25(2)19-31(23-40)38-35(42)33(21-30-22-36-24-37-30)39-34(41)29(16-18-43-17-15-26-9-4-3-5-10-26)20-28-13-8-12-27-11-6-7-14-32(27)28/h3-14,22-25,29,31,33H,15-21H2,1-2H3,(H,36,37)(H,38,42)(H,39,41)/t29?,31-,33-/m0/s1. The molecular weight excluding hydrogens is 540 g/mol. The average Bonchev–Trinajstić information content (AvgIpc) is 3.53. The number of carbonyl (C=O) groups is 3. The van der Waals surface area contributed by atoms with Gasteiger partial charge in [-0.2, -0.15) is 0 Å². The summed E-state index contributed by atoms with van der Waals surface area (Å²) in [6.45, 7) is 4.95. The number of nitrogens with zero attached hydrogens (tertiary/aromatic N) is 1. The molecule has 8 nitrogen and oxygen atoms in total. The molecule has 226 valence electrons. The minimum atomic E-state index is -0.889. The third kappa shape index (κ3) is 9.89. The summed E-state index contributed by atoms with van der Waals surface area (Å²) < 4.78 is 5.97. The molecule has 1 unspecified atom stereocenters. The van der Waals surface area contributed by atoms with Crippen molar-refractivity contribution in [1.29, 1.82) is 0 Å². The predicted octanol–water partition coefficient (Wildman–Crippen LogP) is 4.83. The number of aromatic amines is 1. The van der Waals surface area contributed by atoms with E-state index in [0.717, 1.165) is 29.0 Å². The number of H-pyrrole nitrogens is 1. The lowest BCUT2D eigenvalue weighted by atomic mass is 9.92. The van der Waals surface area contributed by atoms with Gasteiger partial charge in [0.2, 0.25) is 11.8 Å². The Labute approximate surface area is 253 Å². The number of ether oxygens (including phenoxy) is 1. The fourth-order valence-electron chi connectivity index (χ4n) is 5.27. The topological polar surface area (TPSA) is 113 Å². The second kappa shape index (κ2) is 16.4. The molecule has 4 aromatic rings. The summed E-state index contributed by atoms with van der Waals surface area (Å²) in [4.78, 5) is 46.1. The van der Waals surface area contributed by atoms with Crippen molar-refractivity contribution in [3.05, 3.63) is 102 Å². The molecule has 1 aromatic heterocycles. The van der Waals surface area contributed by atoms with Crippen LogP contribution < -0.4 is 10.6 Å². The Balaban J connectivity index is 1.49. The molecule has 0 aliphatic heterocycles. The normalized spacial score (nSPS) is 13.4. The van der Waals surface area contributed by atoms with Gasteiger partial charge in [-0.15, -0.1) is 0 Å². The van der Waals surface area contributed by atoms with Gasteiger partial charge in [0.05, 0.1) is 24.7 Å². The number of hydrogen-bond acceptors (Lipinski definition) is 5. The van der Waals surface area contributed by atoms with E-state index >= 15 is 0 Å². The summed E-state index contributed by atoms with van der Waals surface area (Å²) in [6.07, 6.45) is 6.48. The molecule has 0 spiro atoms. The first kappa shape index (κ1) is 31.6. The molecule has 3 aromatic carbocycles. The number of imidazole rings is 1. The maximum Gasteiger partial charge on any atom is 0.243 e. The minimum Gasteiger partial charge on any atom is -0.381 e. The zero-order valence-corrected chi connectivity index (χ0v) is 25.0. The second-order valence-corrected chi connectivity index (χ2v) is 11.4. The van der Waals surface area contributed by atoms with Crippen molar-refractivity contribution < 1.29 is 19.1 Å². The lowest BCUT2D eigenvalue weighted by Gasteiger charge is -2.24. The minimum absolute atomic E-state index is 0.197. The molecule has 2 amide bonds. The zero-order valence-electron chi connectivity index (χ0n) is 25.0. The van der Waals surface area contributed by atoms with Crippen LogP contribution in [0.2, 0.25) is 0 Å². The van der Waals surface area contributed by atoms with E-state index in [9.17, 15) is 14.4 Å². The van der Waals surface area contributed by atoms with Crippen molar-refractivity contribution in [3.63, 3.8) is 0 Å². The van der Waals surface area contributed by atoms with E-state index < -0.39 is 23.9 Å². The van der Waals surface area contributed by atoms with E-state index in [2.05, 4.69) is 50.9 Å². The molecule has 0 bridgehead atoms. The first-order valence-electron chi connectivity index (χ1n) is 15.0. The third-order valence-corrected chi connectivity index (χ3v) is 7.52. The predicted molar refractivity (Wildman–Crippen MR) is 168 cm³/mol. The average molecular weight is 583 g/mol. The van der Waals surface area contributed by atoms with Gasteiger partial charge in [0.25, 0.3) is 0 Å². The molecular formula is C35H42N4O4. The smallest absolute Gasteiger partial charge is 0.243 e. The molecule has 4 rings (SSSR count). The third-order valence-electron chi connectivity index (χ3n) is 7.52. The number of aromatic nitrogens is 2.